The number of thioether (sulfide) groups is 1. The Morgan fingerprint density at radius 1 is 1.43 bits per heavy atom. The second-order valence-electron chi connectivity index (χ2n) is 5.30. The zero-order chi connectivity index (χ0) is 14.7. The van der Waals surface area contributed by atoms with Gasteiger partial charge in [-0.3, -0.25) is 4.90 Å². The van der Waals surface area contributed by atoms with Crippen molar-refractivity contribution in [3.63, 3.8) is 0 Å². The van der Waals surface area contributed by atoms with E-state index in [1.165, 1.54) is 10.5 Å². The van der Waals surface area contributed by atoms with Crippen LogP contribution in [-0.2, 0) is 5.75 Å². The van der Waals surface area contributed by atoms with E-state index < -0.39 is 0 Å². The number of aromatic nitrogens is 2. The van der Waals surface area contributed by atoms with Gasteiger partial charge >= 0.3 is 0 Å². The van der Waals surface area contributed by atoms with Gasteiger partial charge in [0.25, 0.3) is 0 Å². The lowest BCUT2D eigenvalue weighted by Gasteiger charge is -2.30. The highest BCUT2D eigenvalue weighted by atomic mass is 32.2. The van der Waals surface area contributed by atoms with Gasteiger partial charge in [-0.15, -0.1) is 11.8 Å². The maximum atomic E-state index is 5.39. The van der Waals surface area contributed by atoms with Gasteiger partial charge in [0.1, 0.15) is 0 Å². The summed E-state index contributed by atoms with van der Waals surface area (Å²) in [6.45, 7) is 5.01. The number of rotatable bonds is 4. The third-order valence-electron chi connectivity index (χ3n) is 3.74. The van der Waals surface area contributed by atoms with Gasteiger partial charge in [0.2, 0.25) is 5.89 Å². The fourth-order valence-electron chi connectivity index (χ4n) is 2.41. The van der Waals surface area contributed by atoms with Crippen LogP contribution in [0.3, 0.4) is 0 Å². The molecule has 112 valence electrons. The molecule has 0 radical (unpaired) electrons. The smallest absolute Gasteiger partial charge is 0.237 e. The molecule has 2 aromatic rings. The first-order chi connectivity index (χ1) is 10.2. The van der Waals surface area contributed by atoms with Gasteiger partial charge < -0.3 is 9.84 Å². The fourth-order valence-corrected chi connectivity index (χ4v) is 3.28. The van der Waals surface area contributed by atoms with Gasteiger partial charge in [0.15, 0.2) is 5.82 Å². The minimum absolute atomic E-state index is 0.208. The molecule has 1 unspecified atom stereocenters. The Balaban J connectivity index is 1.64. The summed E-state index contributed by atoms with van der Waals surface area (Å²) < 4.78 is 5.39. The van der Waals surface area contributed by atoms with Crippen molar-refractivity contribution < 1.29 is 4.52 Å². The monoisotopic (exact) mass is 304 g/mol. The zero-order valence-electron chi connectivity index (χ0n) is 12.4. The van der Waals surface area contributed by atoms with Crippen molar-refractivity contribution in [2.24, 2.45) is 0 Å². The largest absolute Gasteiger partial charge is 0.338 e. The number of likely N-dealkylation sites (N-methyl/N-ethyl adjacent to an activating group) is 1. The summed E-state index contributed by atoms with van der Waals surface area (Å²) >= 11 is 1.74. The van der Waals surface area contributed by atoms with Crippen molar-refractivity contribution in [2.75, 3.05) is 26.7 Å². The van der Waals surface area contributed by atoms with Crippen LogP contribution >= 0.6 is 11.8 Å². The Morgan fingerprint density at radius 3 is 3.10 bits per heavy atom. The molecule has 21 heavy (non-hydrogen) atoms. The molecule has 1 aromatic carbocycles. The quantitative estimate of drug-likeness (QED) is 0.874. The summed E-state index contributed by atoms with van der Waals surface area (Å²) in [4.78, 5) is 8.07. The zero-order valence-corrected chi connectivity index (χ0v) is 13.2. The number of aryl methyl sites for hydroxylation is 1. The summed E-state index contributed by atoms with van der Waals surface area (Å²) in [6, 6.07) is 8.55. The lowest BCUT2D eigenvalue weighted by atomic mass is 10.2. The van der Waals surface area contributed by atoms with Gasteiger partial charge in [-0.2, -0.15) is 4.98 Å². The Morgan fingerprint density at radius 2 is 2.29 bits per heavy atom. The molecular formula is C15H20N4OS. The second-order valence-corrected chi connectivity index (χ2v) is 6.32. The van der Waals surface area contributed by atoms with Crippen LogP contribution in [0.1, 0.15) is 23.3 Å². The number of hydrogen-bond donors (Lipinski definition) is 1. The Kier molecular flexibility index (Phi) is 4.57. The standard InChI is InChI=1S/C15H20N4OS/c1-11-5-3-4-6-13(11)21-10-14-17-15(18-20-14)12-9-16-7-8-19(12)2/h3-6,12,16H,7-10H2,1-2H3. The van der Waals surface area contributed by atoms with E-state index >= 15 is 0 Å². The van der Waals surface area contributed by atoms with Crippen LogP contribution in [0.5, 0.6) is 0 Å². The summed E-state index contributed by atoms with van der Waals surface area (Å²) in [5, 5.41) is 7.51. The highest BCUT2D eigenvalue weighted by molar-refractivity contribution is 7.98. The van der Waals surface area contributed by atoms with Crippen molar-refractivity contribution in [3.8, 4) is 0 Å². The molecule has 0 bridgehead atoms. The lowest BCUT2D eigenvalue weighted by molar-refractivity contribution is 0.190. The van der Waals surface area contributed by atoms with E-state index in [0.29, 0.717) is 11.6 Å². The third kappa shape index (κ3) is 3.45. The van der Waals surface area contributed by atoms with E-state index in [-0.39, 0.29) is 6.04 Å². The number of hydrogen-bond acceptors (Lipinski definition) is 6. The van der Waals surface area contributed by atoms with Crippen molar-refractivity contribution in [3.05, 3.63) is 41.5 Å². The van der Waals surface area contributed by atoms with Crippen LogP contribution in [0.15, 0.2) is 33.7 Å². The van der Waals surface area contributed by atoms with Gasteiger partial charge in [-0.1, -0.05) is 23.4 Å². The minimum Gasteiger partial charge on any atom is -0.338 e. The first kappa shape index (κ1) is 14.6. The van der Waals surface area contributed by atoms with E-state index in [2.05, 4.69) is 58.6 Å². The van der Waals surface area contributed by atoms with Gasteiger partial charge in [0.05, 0.1) is 11.8 Å². The summed E-state index contributed by atoms with van der Waals surface area (Å²) in [6.07, 6.45) is 0. The molecule has 3 rings (SSSR count). The third-order valence-corrected chi connectivity index (χ3v) is 4.90. The molecule has 0 saturated carbocycles. The summed E-state index contributed by atoms with van der Waals surface area (Å²) in [5.74, 6) is 2.18. The summed E-state index contributed by atoms with van der Waals surface area (Å²) in [5.41, 5.74) is 1.28. The summed E-state index contributed by atoms with van der Waals surface area (Å²) in [7, 11) is 2.10. The van der Waals surface area contributed by atoms with Crippen LogP contribution < -0.4 is 5.32 Å². The molecule has 1 aromatic heterocycles. The molecule has 1 saturated heterocycles. The Labute approximate surface area is 129 Å². The van der Waals surface area contributed by atoms with Crippen molar-refractivity contribution in [1.29, 1.82) is 0 Å². The highest BCUT2D eigenvalue weighted by Gasteiger charge is 2.25. The molecule has 1 fully saturated rings. The van der Waals surface area contributed by atoms with Gasteiger partial charge in [-0.25, -0.2) is 0 Å². The molecule has 2 heterocycles. The number of piperazine rings is 1. The normalized spacial score (nSPS) is 19.8. The number of nitrogens with one attached hydrogen (secondary N) is 1. The van der Waals surface area contributed by atoms with Crippen molar-refractivity contribution in [2.45, 2.75) is 23.6 Å². The molecule has 5 nitrogen and oxygen atoms in total. The molecular weight excluding hydrogens is 284 g/mol. The number of nitrogens with zero attached hydrogens (tertiary/aromatic N) is 3. The highest BCUT2D eigenvalue weighted by Crippen LogP contribution is 2.26. The van der Waals surface area contributed by atoms with E-state index in [1.807, 2.05) is 0 Å². The molecule has 1 aliphatic heterocycles. The maximum Gasteiger partial charge on any atom is 0.237 e. The van der Waals surface area contributed by atoms with Crippen LogP contribution in [-0.4, -0.2) is 41.7 Å². The topological polar surface area (TPSA) is 54.2 Å². The van der Waals surface area contributed by atoms with E-state index in [1.54, 1.807) is 11.8 Å². The SMILES string of the molecule is Cc1ccccc1SCc1nc(C2CNCCN2C)no1. The average Bonchev–Trinajstić information content (AvgIpc) is 2.96. The van der Waals surface area contributed by atoms with Crippen LogP contribution in [0.4, 0.5) is 0 Å². The lowest BCUT2D eigenvalue weighted by Crippen LogP contribution is -2.44. The molecule has 1 atom stereocenters. The Hall–Kier alpha value is -1.37. The van der Waals surface area contributed by atoms with Crippen LogP contribution in [0, 0.1) is 6.92 Å². The predicted octanol–water partition coefficient (Wildman–Crippen LogP) is 2.25. The van der Waals surface area contributed by atoms with Crippen LogP contribution in [0.2, 0.25) is 0 Å². The maximum absolute atomic E-state index is 5.39. The molecule has 1 N–H and O–H groups in total. The average molecular weight is 304 g/mol. The number of benzene rings is 1. The van der Waals surface area contributed by atoms with E-state index in [4.69, 9.17) is 4.52 Å². The first-order valence-corrected chi connectivity index (χ1v) is 8.14. The van der Waals surface area contributed by atoms with Crippen molar-refractivity contribution >= 4 is 11.8 Å². The molecule has 1 aliphatic rings. The Bertz CT molecular complexity index is 601. The fraction of sp³-hybridized carbons (Fsp3) is 0.467. The second kappa shape index (κ2) is 6.60. The molecule has 6 heteroatoms. The van der Waals surface area contributed by atoms with E-state index in [0.717, 1.165) is 25.5 Å². The molecule has 0 aliphatic carbocycles. The van der Waals surface area contributed by atoms with Gasteiger partial charge in [0, 0.05) is 24.5 Å². The minimum atomic E-state index is 0.208. The first-order valence-electron chi connectivity index (χ1n) is 7.16. The predicted molar refractivity (Wildman–Crippen MR) is 83.3 cm³/mol. The van der Waals surface area contributed by atoms with E-state index in [9.17, 15) is 0 Å². The van der Waals surface area contributed by atoms with Crippen LogP contribution in [0.25, 0.3) is 0 Å². The van der Waals surface area contributed by atoms with Gasteiger partial charge in [-0.05, 0) is 25.6 Å². The molecule has 0 spiro atoms. The van der Waals surface area contributed by atoms with Crippen molar-refractivity contribution in [1.82, 2.24) is 20.4 Å². The molecule has 0 amide bonds.